The summed E-state index contributed by atoms with van der Waals surface area (Å²) in [6.07, 6.45) is 2.33. The molecule has 120 valence electrons. The molecule has 22 heavy (non-hydrogen) atoms. The fourth-order valence-electron chi connectivity index (χ4n) is 3.12. The maximum absolute atomic E-state index is 12.0. The third-order valence-electron chi connectivity index (χ3n) is 4.44. The number of hydrogen-bond acceptors (Lipinski definition) is 3. The summed E-state index contributed by atoms with van der Waals surface area (Å²) >= 11 is 12.3. The molecule has 2 aliphatic carbocycles. The van der Waals surface area contributed by atoms with Crippen LogP contribution in [0.25, 0.3) is 0 Å². The Morgan fingerprint density at radius 3 is 2.82 bits per heavy atom. The predicted octanol–water partition coefficient (Wildman–Crippen LogP) is 2.41. The van der Waals surface area contributed by atoms with Crippen LogP contribution in [-0.2, 0) is 11.2 Å². The lowest BCUT2D eigenvalue weighted by Crippen LogP contribution is -2.40. The molecule has 2 aliphatic rings. The summed E-state index contributed by atoms with van der Waals surface area (Å²) in [6.45, 7) is 1.01. The Labute approximate surface area is 140 Å². The van der Waals surface area contributed by atoms with Crippen molar-refractivity contribution in [2.24, 2.45) is 5.92 Å². The van der Waals surface area contributed by atoms with Gasteiger partial charge in [0, 0.05) is 23.0 Å². The van der Waals surface area contributed by atoms with Gasteiger partial charge < -0.3 is 10.4 Å². The first-order chi connectivity index (χ1) is 10.5. The minimum atomic E-state index is -0.577. The number of likely N-dealkylation sites (N-methyl/N-ethyl adjacent to an activating group) is 1. The third kappa shape index (κ3) is 3.40. The summed E-state index contributed by atoms with van der Waals surface area (Å²) in [7, 11) is 1.84. The second-order valence-electron chi connectivity index (χ2n) is 6.33. The molecule has 0 bridgehead atoms. The molecule has 0 radical (unpaired) electrons. The normalized spacial score (nSPS) is 23.7. The van der Waals surface area contributed by atoms with Crippen LogP contribution in [0.2, 0.25) is 10.0 Å². The lowest BCUT2D eigenvalue weighted by atomic mass is 10.1. The molecule has 4 nitrogen and oxygen atoms in total. The molecule has 1 aromatic rings. The molecule has 1 saturated carbocycles. The van der Waals surface area contributed by atoms with Gasteiger partial charge in [0.2, 0.25) is 5.91 Å². The maximum Gasteiger partial charge on any atom is 0.234 e. The van der Waals surface area contributed by atoms with E-state index in [1.165, 1.54) is 12.8 Å². The summed E-state index contributed by atoms with van der Waals surface area (Å²) in [5.41, 5.74) is 1.84. The molecule has 0 spiro atoms. The molecule has 0 aliphatic heterocycles. The molecule has 0 heterocycles. The van der Waals surface area contributed by atoms with Gasteiger partial charge in [-0.25, -0.2) is 0 Å². The van der Waals surface area contributed by atoms with E-state index in [0.717, 1.165) is 17.7 Å². The van der Waals surface area contributed by atoms with E-state index < -0.39 is 6.10 Å². The fraction of sp³-hybridized carbons (Fsp3) is 0.562. The number of carbonyl (C=O) groups is 1. The highest BCUT2D eigenvalue weighted by Crippen LogP contribution is 2.40. The van der Waals surface area contributed by atoms with E-state index in [4.69, 9.17) is 23.2 Å². The quantitative estimate of drug-likeness (QED) is 0.863. The molecule has 0 saturated heterocycles. The van der Waals surface area contributed by atoms with E-state index in [-0.39, 0.29) is 18.5 Å². The topological polar surface area (TPSA) is 52.6 Å². The van der Waals surface area contributed by atoms with Crippen molar-refractivity contribution < 1.29 is 9.90 Å². The number of fused-ring (bicyclic) bond motifs is 1. The van der Waals surface area contributed by atoms with Crippen LogP contribution in [0.3, 0.4) is 0 Å². The van der Waals surface area contributed by atoms with Gasteiger partial charge in [-0.3, -0.25) is 9.69 Å². The zero-order valence-electron chi connectivity index (χ0n) is 12.5. The molecular formula is C16H20Cl2N2O2. The van der Waals surface area contributed by atoms with Crippen molar-refractivity contribution in [3.8, 4) is 0 Å². The lowest BCUT2D eigenvalue weighted by Gasteiger charge is -2.27. The van der Waals surface area contributed by atoms with Crippen molar-refractivity contribution in [1.82, 2.24) is 10.2 Å². The molecule has 3 rings (SSSR count). The molecule has 1 amide bonds. The minimum Gasteiger partial charge on any atom is -0.391 e. The fourth-order valence-corrected chi connectivity index (χ4v) is 3.71. The van der Waals surface area contributed by atoms with Crippen LogP contribution in [0.1, 0.15) is 30.0 Å². The van der Waals surface area contributed by atoms with Crippen LogP contribution in [-0.4, -0.2) is 42.2 Å². The number of carbonyl (C=O) groups excluding carboxylic acids is 1. The summed E-state index contributed by atoms with van der Waals surface area (Å²) in [5, 5.41) is 14.4. The van der Waals surface area contributed by atoms with Crippen molar-refractivity contribution in [1.29, 1.82) is 0 Å². The van der Waals surface area contributed by atoms with Crippen LogP contribution >= 0.6 is 23.2 Å². The van der Waals surface area contributed by atoms with Crippen molar-refractivity contribution >= 4 is 29.1 Å². The first-order valence-corrected chi connectivity index (χ1v) is 8.34. The Hall–Kier alpha value is -0.810. The highest BCUT2D eigenvalue weighted by molar-refractivity contribution is 6.35. The first kappa shape index (κ1) is 16.1. The Morgan fingerprint density at radius 2 is 2.14 bits per heavy atom. The minimum absolute atomic E-state index is 0.0109. The second kappa shape index (κ2) is 6.36. The van der Waals surface area contributed by atoms with Gasteiger partial charge in [0.05, 0.1) is 18.7 Å². The SMILES string of the molecule is CN(CC(=O)NCC1CC1)[C@H]1c2cc(Cl)cc(Cl)c2C[C@@H]1O. The Balaban J connectivity index is 1.70. The van der Waals surface area contributed by atoms with E-state index in [1.54, 1.807) is 6.07 Å². The van der Waals surface area contributed by atoms with Gasteiger partial charge in [-0.05, 0) is 49.1 Å². The number of nitrogens with one attached hydrogen (secondary N) is 1. The molecule has 2 N–H and O–H groups in total. The van der Waals surface area contributed by atoms with Gasteiger partial charge >= 0.3 is 0 Å². The van der Waals surface area contributed by atoms with E-state index in [9.17, 15) is 9.90 Å². The van der Waals surface area contributed by atoms with Crippen LogP contribution in [0.15, 0.2) is 12.1 Å². The number of hydrogen-bond donors (Lipinski definition) is 2. The van der Waals surface area contributed by atoms with Crippen molar-refractivity contribution in [2.45, 2.75) is 31.4 Å². The molecule has 1 fully saturated rings. The van der Waals surface area contributed by atoms with Gasteiger partial charge in [0.25, 0.3) is 0 Å². The molecule has 0 unspecified atom stereocenters. The van der Waals surface area contributed by atoms with Gasteiger partial charge in [0.15, 0.2) is 0 Å². The number of benzene rings is 1. The van der Waals surface area contributed by atoms with Crippen LogP contribution < -0.4 is 5.32 Å². The number of aliphatic hydroxyl groups excluding tert-OH is 1. The van der Waals surface area contributed by atoms with Gasteiger partial charge in [-0.1, -0.05) is 23.2 Å². The van der Waals surface area contributed by atoms with Crippen LogP contribution in [0.4, 0.5) is 0 Å². The Bertz CT molecular complexity index is 590. The maximum atomic E-state index is 12.0. The Morgan fingerprint density at radius 1 is 1.41 bits per heavy atom. The highest BCUT2D eigenvalue weighted by Gasteiger charge is 2.36. The van der Waals surface area contributed by atoms with Crippen LogP contribution in [0.5, 0.6) is 0 Å². The standard InChI is InChI=1S/C16H20Cl2N2O2/c1-20(8-15(22)19-7-9-2-3-9)16-12-4-10(17)5-13(18)11(12)6-14(16)21/h4-5,9,14,16,21H,2-3,6-8H2,1H3,(H,19,22)/t14-,16-/m0/s1. The van der Waals surface area contributed by atoms with Gasteiger partial charge in [-0.2, -0.15) is 0 Å². The highest BCUT2D eigenvalue weighted by atomic mass is 35.5. The first-order valence-electron chi connectivity index (χ1n) is 7.58. The largest absolute Gasteiger partial charge is 0.391 e. The summed E-state index contributed by atoms with van der Waals surface area (Å²) in [4.78, 5) is 13.9. The summed E-state index contributed by atoms with van der Waals surface area (Å²) < 4.78 is 0. The number of halogens is 2. The number of rotatable bonds is 5. The van der Waals surface area contributed by atoms with Crippen molar-refractivity contribution in [3.63, 3.8) is 0 Å². The number of nitrogens with zero attached hydrogens (tertiary/aromatic N) is 1. The molecule has 2 atom stereocenters. The Kier molecular flexibility index (Phi) is 4.64. The smallest absolute Gasteiger partial charge is 0.234 e. The third-order valence-corrected chi connectivity index (χ3v) is 5.00. The summed E-state index contributed by atoms with van der Waals surface area (Å²) in [5.74, 6) is 0.646. The molecule has 6 heteroatoms. The predicted molar refractivity (Wildman–Crippen MR) is 87.3 cm³/mol. The molecule has 1 aromatic carbocycles. The zero-order chi connectivity index (χ0) is 15.9. The molecule has 0 aromatic heterocycles. The average Bonchev–Trinajstić information content (AvgIpc) is 3.19. The molecular weight excluding hydrogens is 323 g/mol. The van der Waals surface area contributed by atoms with E-state index in [1.807, 2.05) is 18.0 Å². The lowest BCUT2D eigenvalue weighted by molar-refractivity contribution is -0.122. The van der Waals surface area contributed by atoms with Crippen molar-refractivity contribution in [2.75, 3.05) is 20.1 Å². The van der Waals surface area contributed by atoms with Gasteiger partial charge in [-0.15, -0.1) is 0 Å². The summed E-state index contributed by atoms with van der Waals surface area (Å²) in [6, 6.07) is 3.28. The van der Waals surface area contributed by atoms with E-state index in [2.05, 4.69) is 5.32 Å². The van der Waals surface area contributed by atoms with Gasteiger partial charge in [0.1, 0.15) is 0 Å². The average molecular weight is 343 g/mol. The number of aliphatic hydroxyl groups is 1. The van der Waals surface area contributed by atoms with E-state index >= 15 is 0 Å². The number of amides is 1. The van der Waals surface area contributed by atoms with Crippen molar-refractivity contribution in [3.05, 3.63) is 33.3 Å². The van der Waals surface area contributed by atoms with E-state index in [0.29, 0.717) is 22.4 Å². The zero-order valence-corrected chi connectivity index (χ0v) is 14.0. The second-order valence-corrected chi connectivity index (χ2v) is 7.18. The van der Waals surface area contributed by atoms with Crippen LogP contribution in [0, 0.1) is 5.92 Å². The monoisotopic (exact) mass is 342 g/mol.